The Kier molecular flexibility index (Phi) is 6.33. The molecule has 7 heteroatoms. The maximum Gasteiger partial charge on any atom is 0.336 e. The molecule has 2 atom stereocenters. The molecule has 1 fully saturated rings. The van der Waals surface area contributed by atoms with Gasteiger partial charge in [0, 0.05) is 5.54 Å². The Bertz CT molecular complexity index is 916. The van der Waals surface area contributed by atoms with Crippen molar-refractivity contribution in [2.45, 2.75) is 70.7 Å². The maximum atomic E-state index is 12.3. The average Bonchev–Trinajstić information content (AvgIpc) is 2.64. The highest BCUT2D eigenvalue weighted by molar-refractivity contribution is 7.84. The van der Waals surface area contributed by atoms with Crippen LogP contribution in [0.4, 0.5) is 0 Å². The van der Waals surface area contributed by atoms with Crippen molar-refractivity contribution in [3.05, 3.63) is 60.7 Å². The molecule has 0 bridgehead atoms. The molecule has 0 unspecified atom stereocenters. The van der Waals surface area contributed by atoms with Crippen LogP contribution >= 0.6 is 0 Å². The van der Waals surface area contributed by atoms with Crippen LogP contribution < -0.4 is 15.1 Å². The van der Waals surface area contributed by atoms with Gasteiger partial charge in [0.2, 0.25) is 0 Å². The number of nitrogens with one attached hydrogen (secondary N) is 1. The molecule has 1 heterocycles. The average molecular weight is 448 g/mol. The molecular formula is C23H33NO4SSi. The first kappa shape index (κ1) is 23.2. The van der Waals surface area contributed by atoms with Crippen LogP contribution in [0.2, 0.25) is 5.04 Å². The second-order valence-electron chi connectivity index (χ2n) is 9.77. The van der Waals surface area contributed by atoms with Crippen LogP contribution in [0, 0.1) is 0 Å². The summed E-state index contributed by atoms with van der Waals surface area (Å²) in [4.78, 5) is 0. The van der Waals surface area contributed by atoms with Gasteiger partial charge in [-0.25, -0.2) is 0 Å². The number of hydrogen-bond donors (Lipinski definition) is 1. The molecule has 1 N–H and O–H groups in total. The van der Waals surface area contributed by atoms with E-state index in [0.29, 0.717) is 6.42 Å². The highest BCUT2D eigenvalue weighted by atomic mass is 32.2. The Morgan fingerprint density at radius 2 is 1.50 bits per heavy atom. The lowest BCUT2D eigenvalue weighted by Gasteiger charge is -2.47. The van der Waals surface area contributed by atoms with E-state index in [1.54, 1.807) is 0 Å². The first-order valence-corrected chi connectivity index (χ1v) is 13.7. The van der Waals surface area contributed by atoms with E-state index in [1.807, 2.05) is 57.2 Å². The van der Waals surface area contributed by atoms with Crippen molar-refractivity contribution >= 4 is 29.0 Å². The summed E-state index contributed by atoms with van der Waals surface area (Å²) in [6.45, 7) is 12.3. The lowest BCUT2D eigenvalue weighted by molar-refractivity contribution is 0.0278. The van der Waals surface area contributed by atoms with E-state index >= 15 is 0 Å². The van der Waals surface area contributed by atoms with Gasteiger partial charge in [0.15, 0.2) is 0 Å². The van der Waals surface area contributed by atoms with Gasteiger partial charge in [0.05, 0.1) is 6.10 Å². The van der Waals surface area contributed by atoms with E-state index in [1.165, 1.54) is 0 Å². The predicted octanol–water partition coefficient (Wildman–Crippen LogP) is 3.35. The predicted molar refractivity (Wildman–Crippen MR) is 124 cm³/mol. The van der Waals surface area contributed by atoms with Crippen LogP contribution in [-0.4, -0.2) is 34.5 Å². The molecule has 1 aliphatic rings. The fourth-order valence-corrected chi connectivity index (χ4v) is 10.5. The summed E-state index contributed by atoms with van der Waals surface area (Å²) >= 11 is 0. The molecule has 2 aromatic rings. The molecule has 30 heavy (non-hydrogen) atoms. The molecule has 0 spiro atoms. The molecule has 2 aromatic carbocycles. The summed E-state index contributed by atoms with van der Waals surface area (Å²) in [7, 11) is -6.60. The van der Waals surface area contributed by atoms with Crippen molar-refractivity contribution in [1.82, 2.24) is 4.72 Å². The topological polar surface area (TPSA) is 64.6 Å². The zero-order chi connectivity index (χ0) is 22.2. The number of hydrogen-bond acceptors (Lipinski definition) is 4. The molecule has 5 nitrogen and oxygen atoms in total. The van der Waals surface area contributed by atoms with Gasteiger partial charge < -0.3 is 4.43 Å². The van der Waals surface area contributed by atoms with Gasteiger partial charge >= 0.3 is 10.3 Å². The Morgan fingerprint density at radius 3 is 1.90 bits per heavy atom. The first-order chi connectivity index (χ1) is 13.9. The van der Waals surface area contributed by atoms with Gasteiger partial charge in [-0.1, -0.05) is 81.4 Å². The summed E-state index contributed by atoms with van der Waals surface area (Å²) < 4.78 is 39.7. The number of benzene rings is 2. The minimum Gasteiger partial charge on any atom is -0.402 e. The second-order valence-corrected chi connectivity index (χ2v) is 15.3. The van der Waals surface area contributed by atoms with Gasteiger partial charge in [-0.2, -0.15) is 13.1 Å². The van der Waals surface area contributed by atoms with Crippen molar-refractivity contribution in [3.8, 4) is 0 Å². The normalized spacial score (nSPS) is 22.4. The fourth-order valence-electron chi connectivity index (χ4n) is 4.39. The Morgan fingerprint density at radius 1 is 1.03 bits per heavy atom. The SMILES string of the molecule is C[C@H](O[Si](c1ccccc1)(c1ccccc1)C(C)(C)C)[C@H]1CC(C)(C)NS(=O)(=O)O1. The third-order valence-electron chi connectivity index (χ3n) is 5.67. The molecule has 0 aromatic heterocycles. The summed E-state index contributed by atoms with van der Waals surface area (Å²) in [6.07, 6.45) is -0.439. The molecule has 0 amide bonds. The zero-order valence-corrected chi connectivity index (χ0v) is 20.5. The van der Waals surface area contributed by atoms with Gasteiger partial charge in [0.25, 0.3) is 8.32 Å². The van der Waals surface area contributed by atoms with E-state index in [4.69, 9.17) is 8.61 Å². The lowest BCUT2D eigenvalue weighted by Crippen LogP contribution is -2.69. The monoisotopic (exact) mass is 447 g/mol. The number of rotatable bonds is 5. The highest BCUT2D eigenvalue weighted by Crippen LogP contribution is 2.39. The molecule has 3 rings (SSSR count). The Hall–Kier alpha value is -1.51. The summed E-state index contributed by atoms with van der Waals surface area (Å²) in [5.74, 6) is 0. The van der Waals surface area contributed by atoms with Gasteiger partial charge in [-0.05, 0) is 42.6 Å². The maximum absolute atomic E-state index is 12.3. The van der Waals surface area contributed by atoms with Crippen molar-refractivity contribution in [3.63, 3.8) is 0 Å². The molecule has 0 radical (unpaired) electrons. The summed E-state index contributed by atoms with van der Waals surface area (Å²) in [6, 6.07) is 20.7. The van der Waals surface area contributed by atoms with E-state index < -0.39 is 36.4 Å². The minimum absolute atomic E-state index is 0.189. The molecule has 1 saturated heterocycles. The van der Waals surface area contributed by atoms with Crippen molar-refractivity contribution in [2.24, 2.45) is 0 Å². The van der Waals surface area contributed by atoms with Crippen LogP contribution in [0.1, 0.15) is 48.0 Å². The van der Waals surface area contributed by atoms with Crippen molar-refractivity contribution in [1.29, 1.82) is 0 Å². The smallest absolute Gasteiger partial charge is 0.336 e. The Labute approximate surface area is 182 Å². The summed E-state index contributed by atoms with van der Waals surface area (Å²) in [5, 5.41) is 2.13. The van der Waals surface area contributed by atoms with Crippen LogP contribution in [0.5, 0.6) is 0 Å². The molecule has 1 aliphatic heterocycles. The standard InChI is InChI=1S/C23H33NO4SSi/c1-18(21-17-23(5,6)24-29(25,26)27-21)28-30(22(2,3)4,19-13-9-7-10-14-19)20-15-11-8-12-16-20/h7-16,18,21,24H,17H2,1-6H3/t18-,21+/m0/s1. The largest absolute Gasteiger partial charge is 0.402 e. The molecule has 0 aliphatic carbocycles. The molecular weight excluding hydrogens is 414 g/mol. The quantitative estimate of drug-likeness (QED) is 0.714. The van der Waals surface area contributed by atoms with E-state index in [2.05, 4.69) is 49.8 Å². The molecule has 0 saturated carbocycles. The Balaban J connectivity index is 2.10. The lowest BCUT2D eigenvalue weighted by atomic mass is 9.96. The van der Waals surface area contributed by atoms with Crippen LogP contribution in [0.25, 0.3) is 0 Å². The van der Waals surface area contributed by atoms with Crippen molar-refractivity contribution < 1.29 is 17.0 Å². The third-order valence-corrected chi connectivity index (χ3v) is 12.1. The van der Waals surface area contributed by atoms with Crippen LogP contribution in [-0.2, 0) is 18.9 Å². The van der Waals surface area contributed by atoms with Crippen molar-refractivity contribution in [2.75, 3.05) is 0 Å². The fraction of sp³-hybridized carbons (Fsp3) is 0.478. The van der Waals surface area contributed by atoms with Gasteiger partial charge in [0.1, 0.15) is 6.10 Å². The second kappa shape index (κ2) is 8.20. The van der Waals surface area contributed by atoms with Gasteiger partial charge in [-0.3, -0.25) is 4.18 Å². The first-order valence-electron chi connectivity index (χ1n) is 10.4. The van der Waals surface area contributed by atoms with E-state index in [-0.39, 0.29) is 5.04 Å². The van der Waals surface area contributed by atoms with Gasteiger partial charge in [-0.15, -0.1) is 0 Å². The minimum atomic E-state index is -3.82. The highest BCUT2D eigenvalue weighted by Gasteiger charge is 2.52. The third kappa shape index (κ3) is 4.70. The van der Waals surface area contributed by atoms with E-state index in [9.17, 15) is 8.42 Å². The van der Waals surface area contributed by atoms with Crippen LogP contribution in [0.15, 0.2) is 60.7 Å². The molecule has 164 valence electrons. The van der Waals surface area contributed by atoms with E-state index in [0.717, 1.165) is 10.4 Å². The van der Waals surface area contributed by atoms with Crippen LogP contribution in [0.3, 0.4) is 0 Å². The summed E-state index contributed by atoms with van der Waals surface area (Å²) in [5.41, 5.74) is -0.592. The zero-order valence-electron chi connectivity index (χ0n) is 18.7.